The summed E-state index contributed by atoms with van der Waals surface area (Å²) in [5, 5.41) is 5.31. The second-order valence-corrected chi connectivity index (χ2v) is 7.95. The second kappa shape index (κ2) is 6.38. The number of aromatic nitrogens is 2. The van der Waals surface area contributed by atoms with Crippen LogP contribution in [0.5, 0.6) is 0 Å². The Morgan fingerprint density at radius 3 is 3.00 bits per heavy atom. The van der Waals surface area contributed by atoms with Crippen molar-refractivity contribution in [1.82, 2.24) is 19.8 Å². The summed E-state index contributed by atoms with van der Waals surface area (Å²) in [5.41, 5.74) is 0. The van der Waals surface area contributed by atoms with Crippen LogP contribution in [0.15, 0.2) is 27.3 Å². The van der Waals surface area contributed by atoms with E-state index in [1.54, 1.807) is 4.90 Å². The minimum absolute atomic E-state index is 0.0986. The minimum Gasteiger partial charge on any atom is -0.343 e. The van der Waals surface area contributed by atoms with Gasteiger partial charge in [0.25, 0.3) is 5.91 Å². The molecular weight excluding hydrogens is 340 g/mol. The van der Waals surface area contributed by atoms with Crippen LogP contribution in [0.4, 0.5) is 0 Å². The molecule has 0 bridgehead atoms. The van der Waals surface area contributed by atoms with Crippen molar-refractivity contribution in [3.05, 3.63) is 28.5 Å². The molecule has 8 nitrogen and oxygen atoms in total. The van der Waals surface area contributed by atoms with E-state index in [1.165, 1.54) is 24.9 Å². The average Bonchev–Trinajstić information content (AvgIpc) is 3.26. The van der Waals surface area contributed by atoms with Crippen LogP contribution in [0.1, 0.15) is 40.8 Å². The van der Waals surface area contributed by atoms with Gasteiger partial charge in [0.1, 0.15) is 0 Å². The van der Waals surface area contributed by atoms with Gasteiger partial charge >= 0.3 is 0 Å². The number of rotatable bonds is 4. The fourth-order valence-corrected chi connectivity index (χ4v) is 4.56. The fourth-order valence-electron chi connectivity index (χ4n) is 2.60. The van der Waals surface area contributed by atoms with E-state index in [0.29, 0.717) is 17.2 Å². The van der Waals surface area contributed by atoms with Gasteiger partial charge in [-0.25, -0.2) is 13.1 Å². The maximum atomic E-state index is 12.8. The first-order valence-corrected chi connectivity index (χ1v) is 9.48. The highest BCUT2D eigenvalue weighted by atomic mass is 32.2. The number of nitrogens with zero attached hydrogens (tertiary/aromatic N) is 3. The summed E-state index contributed by atoms with van der Waals surface area (Å²) in [4.78, 5) is 19.0. The summed E-state index contributed by atoms with van der Waals surface area (Å²) in [6.07, 6.45) is 3.88. The van der Waals surface area contributed by atoms with Crippen LogP contribution in [0, 0.1) is 0 Å². The number of amides is 1. The molecule has 124 valence electrons. The molecule has 1 aliphatic rings. The minimum atomic E-state index is -3.55. The molecule has 1 N–H and O–H groups in total. The molecule has 0 radical (unpaired) electrons. The van der Waals surface area contributed by atoms with Gasteiger partial charge in [0.05, 0.1) is 15.8 Å². The first-order chi connectivity index (χ1) is 11.0. The van der Waals surface area contributed by atoms with Gasteiger partial charge in [-0.2, -0.15) is 4.98 Å². The Morgan fingerprint density at radius 2 is 2.30 bits per heavy atom. The Kier molecular flexibility index (Phi) is 4.46. The monoisotopic (exact) mass is 356 g/mol. The van der Waals surface area contributed by atoms with Gasteiger partial charge < -0.3 is 9.42 Å². The maximum Gasteiger partial charge on any atom is 0.264 e. The number of carbonyl (C=O) groups excluding carboxylic acids is 1. The Labute approximate surface area is 137 Å². The third-order valence-electron chi connectivity index (χ3n) is 3.81. The van der Waals surface area contributed by atoms with Gasteiger partial charge in [-0.1, -0.05) is 5.16 Å². The number of nitrogens with one attached hydrogen (secondary N) is 1. The highest BCUT2D eigenvalue weighted by Crippen LogP contribution is 2.31. The molecule has 10 heteroatoms. The van der Waals surface area contributed by atoms with Crippen LogP contribution in [-0.2, 0) is 10.0 Å². The van der Waals surface area contributed by atoms with Crippen LogP contribution in [0.25, 0.3) is 0 Å². The van der Waals surface area contributed by atoms with Crippen LogP contribution >= 0.6 is 11.3 Å². The lowest BCUT2D eigenvalue weighted by Gasteiger charge is -2.33. The molecule has 2 aromatic rings. The van der Waals surface area contributed by atoms with Gasteiger partial charge in [0.15, 0.2) is 5.82 Å². The quantitative estimate of drug-likeness (QED) is 0.888. The summed E-state index contributed by atoms with van der Waals surface area (Å²) in [7, 11) is -2.21. The van der Waals surface area contributed by atoms with E-state index in [9.17, 15) is 13.2 Å². The van der Waals surface area contributed by atoms with Gasteiger partial charge in [-0.3, -0.25) is 4.79 Å². The van der Waals surface area contributed by atoms with Crippen molar-refractivity contribution in [2.75, 3.05) is 13.6 Å². The van der Waals surface area contributed by atoms with Crippen molar-refractivity contribution in [2.24, 2.45) is 0 Å². The Morgan fingerprint density at radius 1 is 1.48 bits per heavy atom. The molecule has 3 rings (SSSR count). The summed E-state index contributed by atoms with van der Waals surface area (Å²) in [5.74, 6) is 0.278. The lowest BCUT2D eigenvalue weighted by atomic mass is 10.0. The SMILES string of the molecule is CNS(=O)(=O)c1csc(C(=O)N2CCCCC2c2ncon2)c1. The van der Waals surface area contributed by atoms with Crippen molar-refractivity contribution >= 4 is 27.3 Å². The molecule has 2 aromatic heterocycles. The zero-order valence-corrected chi connectivity index (χ0v) is 14.1. The average molecular weight is 356 g/mol. The zero-order chi connectivity index (χ0) is 16.4. The molecule has 23 heavy (non-hydrogen) atoms. The fraction of sp³-hybridized carbons (Fsp3) is 0.462. The molecule has 0 aromatic carbocycles. The molecule has 1 atom stereocenters. The first kappa shape index (κ1) is 16.1. The highest BCUT2D eigenvalue weighted by molar-refractivity contribution is 7.89. The van der Waals surface area contributed by atoms with E-state index in [4.69, 9.17) is 4.52 Å². The number of thiophene rings is 1. The Hall–Kier alpha value is -1.78. The van der Waals surface area contributed by atoms with Crippen molar-refractivity contribution in [1.29, 1.82) is 0 Å². The van der Waals surface area contributed by atoms with Crippen LogP contribution < -0.4 is 4.72 Å². The van der Waals surface area contributed by atoms with Crippen LogP contribution in [0.2, 0.25) is 0 Å². The molecule has 3 heterocycles. The van der Waals surface area contributed by atoms with Crippen molar-refractivity contribution in [2.45, 2.75) is 30.2 Å². The van der Waals surface area contributed by atoms with Gasteiger partial charge in [-0.15, -0.1) is 11.3 Å². The maximum absolute atomic E-state index is 12.8. The molecule has 0 aliphatic carbocycles. The van der Waals surface area contributed by atoms with E-state index in [0.717, 1.165) is 30.6 Å². The molecule has 1 unspecified atom stereocenters. The van der Waals surface area contributed by atoms with Crippen LogP contribution in [0.3, 0.4) is 0 Å². The summed E-state index contributed by atoms with van der Waals surface area (Å²) in [6.45, 7) is 0.587. The predicted molar refractivity (Wildman–Crippen MR) is 82.5 cm³/mol. The van der Waals surface area contributed by atoms with E-state index in [2.05, 4.69) is 14.9 Å². The molecule has 1 saturated heterocycles. The number of carbonyl (C=O) groups is 1. The second-order valence-electron chi connectivity index (χ2n) is 5.15. The van der Waals surface area contributed by atoms with Crippen molar-refractivity contribution < 1.29 is 17.7 Å². The smallest absolute Gasteiger partial charge is 0.264 e. The van der Waals surface area contributed by atoms with E-state index >= 15 is 0 Å². The normalized spacial score (nSPS) is 19.0. The highest BCUT2D eigenvalue weighted by Gasteiger charge is 2.32. The number of hydrogen-bond acceptors (Lipinski definition) is 7. The number of hydrogen-bond donors (Lipinski definition) is 1. The van der Waals surface area contributed by atoms with Gasteiger partial charge in [-0.05, 0) is 32.4 Å². The number of piperidine rings is 1. The molecule has 1 amide bonds. The zero-order valence-electron chi connectivity index (χ0n) is 12.4. The third-order valence-corrected chi connectivity index (χ3v) is 6.27. The molecule has 0 spiro atoms. The summed E-state index contributed by atoms with van der Waals surface area (Å²) < 4.78 is 30.6. The van der Waals surface area contributed by atoms with Gasteiger partial charge in [0.2, 0.25) is 16.4 Å². The summed E-state index contributed by atoms with van der Waals surface area (Å²) >= 11 is 1.12. The van der Waals surface area contributed by atoms with Crippen molar-refractivity contribution in [3.8, 4) is 0 Å². The molecule has 1 aliphatic heterocycles. The van der Waals surface area contributed by atoms with E-state index in [-0.39, 0.29) is 16.8 Å². The van der Waals surface area contributed by atoms with Gasteiger partial charge in [0, 0.05) is 11.9 Å². The number of likely N-dealkylation sites (tertiary alicyclic amines) is 1. The topological polar surface area (TPSA) is 105 Å². The lowest BCUT2D eigenvalue weighted by Crippen LogP contribution is -2.38. The predicted octanol–water partition coefficient (Wildman–Crippen LogP) is 1.41. The molecular formula is C13H16N4O4S2. The molecule has 1 fully saturated rings. The molecule has 0 saturated carbocycles. The van der Waals surface area contributed by atoms with Crippen LogP contribution in [-0.4, -0.2) is 43.0 Å². The standard InChI is InChI=1S/C13H16N4O4S2/c1-14-23(19,20)9-6-11(22-7-9)13(18)17-5-3-2-4-10(17)12-15-8-21-16-12/h6-8,10,14H,2-5H2,1H3. The lowest BCUT2D eigenvalue weighted by molar-refractivity contribution is 0.0602. The van der Waals surface area contributed by atoms with Crippen molar-refractivity contribution in [3.63, 3.8) is 0 Å². The largest absolute Gasteiger partial charge is 0.343 e. The van der Waals surface area contributed by atoms with E-state index < -0.39 is 10.0 Å². The first-order valence-electron chi connectivity index (χ1n) is 7.12. The number of sulfonamides is 1. The third kappa shape index (κ3) is 3.14. The Balaban J connectivity index is 1.86. The summed E-state index contributed by atoms with van der Waals surface area (Å²) in [6, 6.07) is 1.17. The van der Waals surface area contributed by atoms with E-state index in [1.807, 2.05) is 0 Å². The Bertz CT molecular complexity index is 785.